The number of nitrogens with zero attached hydrogens (tertiary/aromatic N) is 2. The minimum absolute atomic E-state index is 0.511. The maximum absolute atomic E-state index is 4.55. The fourth-order valence-electron chi connectivity index (χ4n) is 1.89. The lowest BCUT2D eigenvalue weighted by Crippen LogP contribution is -2.29. The van der Waals surface area contributed by atoms with Gasteiger partial charge in [0.2, 0.25) is 0 Å². The maximum Gasteiger partial charge on any atom is 0.128 e. The van der Waals surface area contributed by atoms with Gasteiger partial charge in [-0.2, -0.15) is 0 Å². The fourth-order valence-corrected chi connectivity index (χ4v) is 1.89. The fraction of sp³-hybridized carbons (Fsp3) is 0.667. The Balaban J connectivity index is 2.58. The minimum atomic E-state index is 0.511. The monoisotopic (exact) mass is 249 g/mol. The van der Waals surface area contributed by atoms with Crippen LogP contribution in [0, 0.1) is 0 Å². The summed E-state index contributed by atoms with van der Waals surface area (Å²) in [4.78, 5) is 6.80. The summed E-state index contributed by atoms with van der Waals surface area (Å²) in [7, 11) is 2.12. The van der Waals surface area contributed by atoms with Gasteiger partial charge in [-0.3, -0.25) is 0 Å². The van der Waals surface area contributed by atoms with E-state index in [0.717, 1.165) is 12.4 Å². The normalized spacial score (nSPS) is 12.8. The molecule has 1 aromatic rings. The highest BCUT2D eigenvalue weighted by Gasteiger charge is 2.09. The SMILES string of the molecule is CCCC(C)N(C)c1ccc(CNC(C)C)cn1. The molecule has 0 saturated heterocycles. The van der Waals surface area contributed by atoms with Gasteiger partial charge in [-0.05, 0) is 25.0 Å². The van der Waals surface area contributed by atoms with Crippen LogP contribution in [0.15, 0.2) is 18.3 Å². The number of aromatic nitrogens is 1. The molecule has 1 rings (SSSR count). The summed E-state index contributed by atoms with van der Waals surface area (Å²) in [6.45, 7) is 9.67. The van der Waals surface area contributed by atoms with Crippen molar-refractivity contribution in [3.8, 4) is 0 Å². The van der Waals surface area contributed by atoms with E-state index in [4.69, 9.17) is 0 Å². The summed E-state index contributed by atoms with van der Waals surface area (Å²) in [6, 6.07) is 5.33. The number of rotatable bonds is 7. The van der Waals surface area contributed by atoms with Crippen molar-refractivity contribution < 1.29 is 0 Å². The van der Waals surface area contributed by atoms with Crippen LogP contribution in [0.5, 0.6) is 0 Å². The van der Waals surface area contributed by atoms with Crippen molar-refractivity contribution in [3.05, 3.63) is 23.9 Å². The van der Waals surface area contributed by atoms with Crippen LogP contribution < -0.4 is 10.2 Å². The molecule has 0 aromatic carbocycles. The second-order valence-electron chi connectivity index (χ2n) is 5.31. The van der Waals surface area contributed by atoms with E-state index in [1.165, 1.54) is 18.4 Å². The summed E-state index contributed by atoms with van der Waals surface area (Å²) in [5.74, 6) is 1.06. The highest BCUT2D eigenvalue weighted by Crippen LogP contribution is 2.15. The van der Waals surface area contributed by atoms with Gasteiger partial charge in [-0.25, -0.2) is 4.98 Å². The van der Waals surface area contributed by atoms with Gasteiger partial charge in [0.15, 0.2) is 0 Å². The highest BCUT2D eigenvalue weighted by molar-refractivity contribution is 5.39. The van der Waals surface area contributed by atoms with Gasteiger partial charge in [-0.15, -0.1) is 0 Å². The van der Waals surface area contributed by atoms with Crippen molar-refractivity contribution in [2.24, 2.45) is 0 Å². The third-order valence-electron chi connectivity index (χ3n) is 3.25. The summed E-state index contributed by atoms with van der Waals surface area (Å²) in [6.07, 6.45) is 4.39. The molecule has 1 unspecified atom stereocenters. The molecule has 1 heterocycles. The van der Waals surface area contributed by atoms with Gasteiger partial charge in [0, 0.05) is 31.9 Å². The second kappa shape index (κ2) is 7.37. The van der Waals surface area contributed by atoms with Crippen LogP contribution in [0.3, 0.4) is 0 Å². The Kier molecular flexibility index (Phi) is 6.13. The molecular weight excluding hydrogens is 222 g/mol. The number of pyridine rings is 1. The van der Waals surface area contributed by atoms with Crippen LogP contribution in [0.4, 0.5) is 5.82 Å². The van der Waals surface area contributed by atoms with E-state index in [1.54, 1.807) is 0 Å². The van der Waals surface area contributed by atoms with Crippen molar-refractivity contribution in [3.63, 3.8) is 0 Å². The molecule has 1 atom stereocenters. The molecule has 3 nitrogen and oxygen atoms in total. The third-order valence-corrected chi connectivity index (χ3v) is 3.25. The van der Waals surface area contributed by atoms with Gasteiger partial charge < -0.3 is 10.2 Å². The summed E-state index contributed by atoms with van der Waals surface area (Å²) in [5, 5.41) is 3.40. The van der Waals surface area contributed by atoms with E-state index in [-0.39, 0.29) is 0 Å². The van der Waals surface area contributed by atoms with Crippen LogP contribution in [0.2, 0.25) is 0 Å². The molecule has 0 amide bonds. The van der Waals surface area contributed by atoms with E-state index in [0.29, 0.717) is 12.1 Å². The van der Waals surface area contributed by atoms with Gasteiger partial charge in [0.1, 0.15) is 5.82 Å². The molecule has 1 aromatic heterocycles. The molecule has 0 aliphatic carbocycles. The molecule has 1 N–H and O–H groups in total. The third kappa shape index (κ3) is 4.65. The molecule has 0 aliphatic rings. The van der Waals surface area contributed by atoms with Crippen LogP contribution in [-0.2, 0) is 6.54 Å². The average Bonchev–Trinajstić information content (AvgIpc) is 2.36. The van der Waals surface area contributed by atoms with Crippen molar-refractivity contribution in [2.45, 2.75) is 59.2 Å². The first-order chi connectivity index (χ1) is 8.54. The average molecular weight is 249 g/mol. The molecule has 102 valence electrons. The molecule has 0 aliphatic heterocycles. The molecule has 0 saturated carbocycles. The van der Waals surface area contributed by atoms with Crippen molar-refractivity contribution >= 4 is 5.82 Å². The zero-order valence-corrected chi connectivity index (χ0v) is 12.4. The number of anilines is 1. The summed E-state index contributed by atoms with van der Waals surface area (Å²) in [5.41, 5.74) is 1.24. The molecule has 3 heteroatoms. The van der Waals surface area contributed by atoms with E-state index in [2.05, 4.69) is 62.1 Å². The predicted molar refractivity (Wildman–Crippen MR) is 79.0 cm³/mol. The Bertz CT molecular complexity index is 332. The predicted octanol–water partition coefficient (Wildman–Crippen LogP) is 3.20. The Morgan fingerprint density at radius 1 is 1.28 bits per heavy atom. The molecular formula is C15H27N3. The van der Waals surface area contributed by atoms with E-state index >= 15 is 0 Å². The zero-order valence-electron chi connectivity index (χ0n) is 12.4. The van der Waals surface area contributed by atoms with E-state index in [1.807, 2.05) is 6.20 Å². The molecule has 0 radical (unpaired) electrons. The van der Waals surface area contributed by atoms with Crippen molar-refractivity contribution in [2.75, 3.05) is 11.9 Å². The van der Waals surface area contributed by atoms with Gasteiger partial charge in [-0.1, -0.05) is 33.3 Å². The first kappa shape index (κ1) is 15.0. The van der Waals surface area contributed by atoms with Crippen LogP contribution in [0.1, 0.15) is 46.1 Å². The van der Waals surface area contributed by atoms with Crippen molar-refractivity contribution in [1.29, 1.82) is 0 Å². The number of hydrogen-bond acceptors (Lipinski definition) is 3. The Morgan fingerprint density at radius 3 is 2.50 bits per heavy atom. The van der Waals surface area contributed by atoms with Crippen LogP contribution in [-0.4, -0.2) is 24.1 Å². The van der Waals surface area contributed by atoms with Gasteiger partial charge in [0.25, 0.3) is 0 Å². The topological polar surface area (TPSA) is 28.2 Å². The lowest BCUT2D eigenvalue weighted by Gasteiger charge is -2.25. The molecule has 0 spiro atoms. The Labute approximate surface area is 112 Å². The summed E-state index contributed by atoms with van der Waals surface area (Å²) < 4.78 is 0. The second-order valence-corrected chi connectivity index (χ2v) is 5.31. The highest BCUT2D eigenvalue weighted by atomic mass is 15.2. The smallest absolute Gasteiger partial charge is 0.128 e. The van der Waals surface area contributed by atoms with Gasteiger partial charge >= 0.3 is 0 Å². The molecule has 0 bridgehead atoms. The van der Waals surface area contributed by atoms with Crippen LogP contribution in [0.25, 0.3) is 0 Å². The first-order valence-corrected chi connectivity index (χ1v) is 6.95. The minimum Gasteiger partial charge on any atom is -0.357 e. The summed E-state index contributed by atoms with van der Waals surface area (Å²) >= 11 is 0. The quantitative estimate of drug-likeness (QED) is 0.804. The zero-order chi connectivity index (χ0) is 13.5. The lowest BCUT2D eigenvalue weighted by atomic mass is 10.1. The number of hydrogen-bond donors (Lipinski definition) is 1. The Morgan fingerprint density at radius 2 is 2.00 bits per heavy atom. The molecule has 0 fully saturated rings. The standard InChI is InChI=1S/C15H27N3/c1-6-7-13(4)18(5)15-9-8-14(11-17-15)10-16-12(2)3/h8-9,11-13,16H,6-7,10H2,1-5H3. The van der Waals surface area contributed by atoms with E-state index in [9.17, 15) is 0 Å². The van der Waals surface area contributed by atoms with Crippen molar-refractivity contribution in [1.82, 2.24) is 10.3 Å². The van der Waals surface area contributed by atoms with E-state index < -0.39 is 0 Å². The maximum atomic E-state index is 4.55. The number of nitrogens with one attached hydrogen (secondary N) is 1. The Hall–Kier alpha value is -1.09. The molecule has 18 heavy (non-hydrogen) atoms. The van der Waals surface area contributed by atoms with Crippen LogP contribution >= 0.6 is 0 Å². The first-order valence-electron chi connectivity index (χ1n) is 6.95. The lowest BCUT2D eigenvalue weighted by molar-refractivity contribution is 0.587. The largest absolute Gasteiger partial charge is 0.357 e. The van der Waals surface area contributed by atoms with Gasteiger partial charge in [0.05, 0.1) is 0 Å².